The fourth-order valence-electron chi connectivity index (χ4n) is 4.85. The zero-order valence-corrected chi connectivity index (χ0v) is 23.6. The van der Waals surface area contributed by atoms with Gasteiger partial charge in [0.25, 0.3) is 0 Å². The lowest BCUT2D eigenvalue weighted by atomic mass is 10.2. The van der Waals surface area contributed by atoms with Gasteiger partial charge in [-0.15, -0.1) is 0 Å². The van der Waals surface area contributed by atoms with Crippen LogP contribution in [0.4, 0.5) is 0 Å². The topological polar surface area (TPSA) is 80.9 Å². The van der Waals surface area contributed by atoms with E-state index in [4.69, 9.17) is 13.8 Å². The molecule has 1 aliphatic carbocycles. The van der Waals surface area contributed by atoms with E-state index in [1.807, 2.05) is 85.8 Å². The summed E-state index contributed by atoms with van der Waals surface area (Å²) in [7, 11) is -3.72. The molecule has 1 N–H and O–H groups in total. The second-order valence-corrected chi connectivity index (χ2v) is 11.9. The molecule has 7 nitrogen and oxygen atoms in total. The third-order valence-corrected chi connectivity index (χ3v) is 8.76. The minimum absolute atomic E-state index is 0.133. The fourth-order valence-corrected chi connectivity index (χ4v) is 6.44. The number of benzene rings is 2. The highest BCUT2D eigenvalue weighted by atomic mass is 31.2. The van der Waals surface area contributed by atoms with Crippen molar-refractivity contribution >= 4 is 25.5 Å². The number of pyridine rings is 1. The van der Waals surface area contributed by atoms with Gasteiger partial charge in [-0.1, -0.05) is 78.9 Å². The number of nitrogens with one attached hydrogen (secondary N) is 1. The summed E-state index contributed by atoms with van der Waals surface area (Å²) < 4.78 is 32.6. The maximum atomic E-state index is 14.5. The SMILES string of the molecule is C/C=C\c1c[nH]c2c(c1=O)=C(OP(=O)(CCc1ccccc1)OCc1ccccc1)C=C(N1CCOCC1)CC=2. The number of fused-ring (bicyclic) bond motifs is 1. The van der Waals surface area contributed by atoms with E-state index in [0.29, 0.717) is 42.2 Å². The average Bonchev–Trinajstić information content (AvgIpc) is 3.18. The van der Waals surface area contributed by atoms with Gasteiger partial charge in [-0.2, -0.15) is 0 Å². The van der Waals surface area contributed by atoms with Crippen LogP contribution in [0.1, 0.15) is 30.0 Å². The molecule has 1 aromatic heterocycles. The molecule has 0 bridgehead atoms. The number of allylic oxidation sites excluding steroid dienone is 2. The van der Waals surface area contributed by atoms with Crippen molar-refractivity contribution in [1.82, 2.24) is 9.88 Å². The second kappa shape index (κ2) is 13.1. The van der Waals surface area contributed by atoms with E-state index in [1.54, 1.807) is 12.3 Å². The molecule has 1 saturated heterocycles. The van der Waals surface area contributed by atoms with E-state index in [-0.39, 0.29) is 24.0 Å². The Morgan fingerprint density at radius 3 is 2.42 bits per heavy atom. The molecule has 40 heavy (non-hydrogen) atoms. The van der Waals surface area contributed by atoms with Gasteiger partial charge >= 0.3 is 7.60 Å². The average molecular weight is 559 g/mol. The summed E-state index contributed by atoms with van der Waals surface area (Å²) in [5, 5.41) is 1.01. The number of aromatic amines is 1. The van der Waals surface area contributed by atoms with Gasteiger partial charge in [-0.25, -0.2) is 4.57 Å². The number of ether oxygens (including phenoxy) is 1. The number of morpholine rings is 1. The standard InChI is InChI=1S/C32H35N2O5P/c1-2-9-27-23-33-29-15-14-28(34-17-19-37-20-18-34)22-30(31(29)32(27)35)39-40(36,21-16-25-10-5-3-6-11-25)38-24-26-12-7-4-8-13-26/h2-13,15,22-23,33H,14,16-21,24H2,1H3/b9-2-. The maximum Gasteiger partial charge on any atom is 0.379 e. The lowest BCUT2D eigenvalue weighted by molar-refractivity contribution is 0.0530. The largest absolute Gasteiger partial charge is 0.423 e. The molecule has 3 aromatic rings. The summed E-state index contributed by atoms with van der Waals surface area (Å²) in [5.41, 5.74) is 3.22. The van der Waals surface area contributed by atoms with Crippen LogP contribution >= 0.6 is 7.60 Å². The molecule has 0 saturated carbocycles. The smallest absolute Gasteiger partial charge is 0.379 e. The van der Waals surface area contributed by atoms with Crippen LogP contribution in [0.15, 0.2) is 89.5 Å². The third kappa shape index (κ3) is 6.92. The number of rotatable bonds is 10. The van der Waals surface area contributed by atoms with Crippen LogP contribution in [0.2, 0.25) is 0 Å². The van der Waals surface area contributed by atoms with E-state index in [1.165, 1.54) is 0 Å². The Balaban J connectivity index is 1.58. The Hall–Kier alpha value is -3.64. The molecule has 2 heterocycles. The fraction of sp³-hybridized carbons (Fsp3) is 0.281. The number of H-pyrrole nitrogens is 1. The number of hydrogen-bond acceptors (Lipinski definition) is 6. The molecular formula is C32H35N2O5P. The molecule has 208 valence electrons. The van der Waals surface area contributed by atoms with Gasteiger partial charge in [0.15, 0.2) is 5.43 Å². The Morgan fingerprint density at radius 1 is 1.02 bits per heavy atom. The van der Waals surface area contributed by atoms with Crippen molar-refractivity contribution in [2.75, 3.05) is 32.5 Å². The molecule has 1 aliphatic heterocycles. The first kappa shape index (κ1) is 27.9. The Kier molecular flexibility index (Phi) is 9.17. The van der Waals surface area contributed by atoms with Crippen LogP contribution in [0.3, 0.4) is 0 Å². The second-order valence-electron chi connectivity index (χ2n) is 9.79. The summed E-state index contributed by atoms with van der Waals surface area (Å²) in [6.45, 7) is 4.72. The minimum Gasteiger partial charge on any atom is -0.423 e. The highest BCUT2D eigenvalue weighted by molar-refractivity contribution is 7.54. The molecule has 0 amide bonds. The van der Waals surface area contributed by atoms with Gasteiger partial charge in [-0.3, -0.25) is 9.32 Å². The number of aryl methyl sites for hydroxylation is 1. The molecule has 0 spiro atoms. The van der Waals surface area contributed by atoms with Crippen LogP contribution in [0.25, 0.3) is 17.9 Å². The zero-order chi connectivity index (χ0) is 27.8. The van der Waals surface area contributed by atoms with Crippen LogP contribution in [0.5, 0.6) is 0 Å². The predicted octanol–water partition coefficient (Wildman–Crippen LogP) is 4.59. The lowest BCUT2D eigenvalue weighted by Gasteiger charge is -2.31. The normalized spacial score (nSPS) is 17.0. The molecule has 1 fully saturated rings. The summed E-state index contributed by atoms with van der Waals surface area (Å²) in [4.78, 5) is 19.2. The Labute approximate surface area is 234 Å². The molecule has 1 atom stereocenters. The highest BCUT2D eigenvalue weighted by Crippen LogP contribution is 2.52. The summed E-state index contributed by atoms with van der Waals surface area (Å²) in [6, 6.07) is 19.5. The molecule has 0 radical (unpaired) electrons. The predicted molar refractivity (Wildman–Crippen MR) is 159 cm³/mol. The summed E-state index contributed by atoms with van der Waals surface area (Å²) in [5.74, 6) is 0.266. The molecule has 2 aliphatic rings. The van der Waals surface area contributed by atoms with Gasteiger partial charge in [0.2, 0.25) is 0 Å². The first-order valence-corrected chi connectivity index (χ1v) is 15.4. The van der Waals surface area contributed by atoms with E-state index in [9.17, 15) is 9.36 Å². The first-order chi connectivity index (χ1) is 19.5. The van der Waals surface area contributed by atoms with Gasteiger partial charge < -0.3 is 19.1 Å². The van der Waals surface area contributed by atoms with Crippen LogP contribution in [-0.2, 0) is 31.4 Å². The van der Waals surface area contributed by atoms with E-state index in [0.717, 1.165) is 29.9 Å². The van der Waals surface area contributed by atoms with Gasteiger partial charge in [0.05, 0.1) is 31.2 Å². The Bertz CT molecular complexity index is 1540. The van der Waals surface area contributed by atoms with Crippen molar-refractivity contribution in [3.8, 4) is 0 Å². The first-order valence-electron chi connectivity index (χ1n) is 13.7. The highest BCUT2D eigenvalue weighted by Gasteiger charge is 2.29. The maximum absolute atomic E-state index is 14.5. The van der Waals surface area contributed by atoms with Crippen molar-refractivity contribution in [3.63, 3.8) is 0 Å². The van der Waals surface area contributed by atoms with E-state index >= 15 is 0 Å². The lowest BCUT2D eigenvalue weighted by Crippen LogP contribution is -2.43. The van der Waals surface area contributed by atoms with Gasteiger partial charge in [0.1, 0.15) is 5.76 Å². The van der Waals surface area contributed by atoms with Crippen LogP contribution in [-0.4, -0.2) is 42.3 Å². The quantitative estimate of drug-likeness (QED) is 0.367. The number of hydrogen-bond donors (Lipinski definition) is 1. The number of nitrogens with zero attached hydrogens (tertiary/aromatic N) is 1. The minimum atomic E-state index is -3.72. The summed E-state index contributed by atoms with van der Waals surface area (Å²) >= 11 is 0. The molecule has 1 unspecified atom stereocenters. The third-order valence-electron chi connectivity index (χ3n) is 6.99. The number of aromatic nitrogens is 1. The molecule has 5 rings (SSSR count). The molecular weight excluding hydrogens is 523 g/mol. The summed E-state index contributed by atoms with van der Waals surface area (Å²) in [6.07, 6.45) is 10.4. The van der Waals surface area contributed by atoms with E-state index in [2.05, 4.69) is 9.88 Å². The zero-order valence-electron chi connectivity index (χ0n) is 22.8. The van der Waals surface area contributed by atoms with Crippen molar-refractivity contribution in [1.29, 1.82) is 0 Å². The van der Waals surface area contributed by atoms with Crippen LogP contribution in [0, 0.1) is 0 Å². The van der Waals surface area contributed by atoms with E-state index < -0.39 is 7.60 Å². The van der Waals surface area contributed by atoms with Crippen molar-refractivity contribution < 1.29 is 18.3 Å². The van der Waals surface area contributed by atoms with Gasteiger partial charge in [-0.05, 0) is 24.5 Å². The molecule has 2 aromatic carbocycles. The Morgan fingerprint density at radius 2 is 1.73 bits per heavy atom. The van der Waals surface area contributed by atoms with Crippen LogP contribution < -0.4 is 16.0 Å². The molecule has 8 heteroatoms. The van der Waals surface area contributed by atoms with Crippen molar-refractivity contribution in [2.45, 2.75) is 26.4 Å². The monoisotopic (exact) mass is 558 g/mol. The van der Waals surface area contributed by atoms with Gasteiger partial charge in [0, 0.05) is 48.4 Å². The van der Waals surface area contributed by atoms with Crippen molar-refractivity contribution in [3.05, 3.63) is 122 Å². The van der Waals surface area contributed by atoms with Crippen molar-refractivity contribution in [2.24, 2.45) is 0 Å².